The van der Waals surface area contributed by atoms with Gasteiger partial charge in [-0.05, 0) is 61.9 Å². The van der Waals surface area contributed by atoms with Crippen molar-refractivity contribution in [1.29, 1.82) is 0 Å². The highest BCUT2D eigenvalue weighted by Crippen LogP contribution is 2.19. The summed E-state index contributed by atoms with van der Waals surface area (Å²) < 4.78 is 32.9. The average Bonchev–Trinajstić information content (AvgIpc) is 2.73. The largest absolute Gasteiger partial charge is 0.451 e. The minimum atomic E-state index is -3.91. The normalized spacial score (nSPS) is 11.3. The first kappa shape index (κ1) is 21.2. The van der Waals surface area contributed by atoms with E-state index in [0.717, 1.165) is 11.6 Å². The lowest BCUT2D eigenvalue weighted by Crippen LogP contribution is -2.16. The van der Waals surface area contributed by atoms with Crippen molar-refractivity contribution in [1.82, 2.24) is 9.97 Å². The molecule has 2 N–H and O–H groups in total. The van der Waals surface area contributed by atoms with Gasteiger partial charge >= 0.3 is 0 Å². The van der Waals surface area contributed by atoms with Crippen molar-refractivity contribution < 1.29 is 17.6 Å². The van der Waals surface area contributed by atoms with Gasteiger partial charge in [-0.25, -0.2) is 23.1 Å². The van der Waals surface area contributed by atoms with Crippen molar-refractivity contribution in [2.45, 2.75) is 18.7 Å². The van der Waals surface area contributed by atoms with Gasteiger partial charge in [-0.3, -0.25) is 9.59 Å². The number of aryl methyl sites for hydroxylation is 2. The lowest BCUT2D eigenvalue weighted by molar-refractivity contribution is 0.0997. The summed E-state index contributed by atoms with van der Waals surface area (Å²) in [6, 6.07) is 13.4. The molecule has 2 aromatic carbocycles. The third-order valence-corrected chi connectivity index (χ3v) is 5.90. The molecule has 0 radical (unpaired) electrons. The lowest BCUT2D eigenvalue weighted by atomic mass is 10.1. The van der Waals surface area contributed by atoms with Gasteiger partial charge < -0.3 is 9.73 Å². The first-order valence-corrected chi connectivity index (χ1v) is 11.0. The second-order valence-electron chi connectivity index (χ2n) is 7.08. The topological polar surface area (TPSA) is 131 Å². The Kier molecular flexibility index (Phi) is 5.45. The molecule has 0 aliphatic carbocycles. The van der Waals surface area contributed by atoms with Crippen molar-refractivity contribution in [2.24, 2.45) is 0 Å². The maximum atomic E-state index is 12.6. The summed E-state index contributed by atoms with van der Waals surface area (Å²) in [6.07, 6.45) is 1.45. The van der Waals surface area contributed by atoms with Crippen LogP contribution in [0.15, 0.2) is 74.9 Å². The summed E-state index contributed by atoms with van der Waals surface area (Å²) in [5.74, 6) is -0.820. The van der Waals surface area contributed by atoms with Crippen molar-refractivity contribution in [3.63, 3.8) is 0 Å². The lowest BCUT2D eigenvalue weighted by Gasteiger charge is -2.09. The zero-order valence-electron chi connectivity index (χ0n) is 17.1. The molecule has 0 unspecified atom stereocenters. The molecular formula is C22H18N4O5S. The van der Waals surface area contributed by atoms with Crippen LogP contribution in [0.1, 0.15) is 21.8 Å². The van der Waals surface area contributed by atoms with Crippen LogP contribution in [0.5, 0.6) is 0 Å². The molecule has 32 heavy (non-hydrogen) atoms. The molecule has 0 aliphatic rings. The van der Waals surface area contributed by atoms with Crippen molar-refractivity contribution >= 4 is 38.5 Å². The predicted octanol–water partition coefficient (Wildman–Crippen LogP) is 3.25. The Balaban J connectivity index is 1.53. The SMILES string of the molecule is Cc1ccc2c(=O)cc(C(=O)Nc3ccc(S(=O)(=O)Nc4nccc(C)n4)cc3)oc2c1. The molecule has 1 amide bonds. The zero-order valence-corrected chi connectivity index (χ0v) is 17.9. The highest BCUT2D eigenvalue weighted by molar-refractivity contribution is 7.92. The fraction of sp³-hybridized carbons (Fsp3) is 0.0909. The summed E-state index contributed by atoms with van der Waals surface area (Å²) in [4.78, 5) is 32.7. The maximum absolute atomic E-state index is 12.6. The monoisotopic (exact) mass is 450 g/mol. The third-order valence-electron chi connectivity index (χ3n) is 4.55. The van der Waals surface area contributed by atoms with Crippen molar-refractivity contribution in [3.05, 3.63) is 88.0 Å². The molecule has 10 heteroatoms. The van der Waals surface area contributed by atoms with Gasteiger partial charge in [0.25, 0.3) is 15.9 Å². The molecule has 0 atom stereocenters. The molecule has 2 aromatic heterocycles. The molecule has 0 saturated carbocycles. The second-order valence-corrected chi connectivity index (χ2v) is 8.76. The number of fused-ring (bicyclic) bond motifs is 1. The van der Waals surface area contributed by atoms with E-state index in [2.05, 4.69) is 20.0 Å². The number of aromatic nitrogens is 2. The number of carbonyl (C=O) groups is 1. The molecule has 0 aliphatic heterocycles. The Bertz CT molecular complexity index is 1500. The van der Waals surface area contributed by atoms with Gasteiger partial charge in [0, 0.05) is 23.6 Å². The Morgan fingerprint density at radius 3 is 2.47 bits per heavy atom. The molecular weight excluding hydrogens is 432 g/mol. The summed E-state index contributed by atoms with van der Waals surface area (Å²) in [5.41, 5.74) is 1.81. The minimum absolute atomic E-state index is 0.0340. The van der Waals surface area contributed by atoms with Gasteiger partial charge in [-0.1, -0.05) is 6.07 Å². The molecule has 0 fully saturated rings. The summed E-state index contributed by atoms with van der Waals surface area (Å²) in [5, 5.41) is 2.97. The number of benzene rings is 2. The Hall–Kier alpha value is -4.05. The standard InChI is InChI=1S/C22H18N4O5S/c1-13-3-8-17-18(27)12-20(31-19(17)11-13)21(28)25-15-4-6-16(7-5-15)32(29,30)26-22-23-10-9-14(2)24-22/h3-12H,1-2H3,(H,25,28)(H,23,24,26). The van der Waals surface area contributed by atoms with Gasteiger partial charge in [0.15, 0.2) is 11.2 Å². The highest BCUT2D eigenvalue weighted by atomic mass is 32.2. The van der Waals surface area contributed by atoms with E-state index in [0.29, 0.717) is 22.4 Å². The number of rotatable bonds is 5. The van der Waals surface area contributed by atoms with Crippen LogP contribution in [0.3, 0.4) is 0 Å². The molecule has 0 bridgehead atoms. The number of anilines is 2. The number of carbonyl (C=O) groups excluding carboxylic acids is 1. The van der Waals surface area contributed by atoms with E-state index >= 15 is 0 Å². The van der Waals surface area contributed by atoms with Crippen molar-refractivity contribution in [2.75, 3.05) is 10.0 Å². The maximum Gasteiger partial charge on any atom is 0.291 e. The number of hydrogen-bond acceptors (Lipinski definition) is 7. The second kappa shape index (κ2) is 8.23. The smallest absolute Gasteiger partial charge is 0.291 e. The predicted molar refractivity (Wildman–Crippen MR) is 119 cm³/mol. The van der Waals surface area contributed by atoms with E-state index in [1.807, 2.05) is 6.92 Å². The van der Waals surface area contributed by atoms with Crippen LogP contribution in [0.4, 0.5) is 11.6 Å². The molecule has 0 spiro atoms. The quantitative estimate of drug-likeness (QED) is 0.477. The summed E-state index contributed by atoms with van der Waals surface area (Å²) in [7, 11) is -3.91. The van der Waals surface area contributed by atoms with E-state index in [-0.39, 0.29) is 22.0 Å². The molecule has 2 heterocycles. The zero-order chi connectivity index (χ0) is 22.9. The van der Waals surface area contributed by atoms with Crippen LogP contribution in [-0.2, 0) is 10.0 Å². The molecule has 0 saturated heterocycles. The molecule has 162 valence electrons. The van der Waals surface area contributed by atoms with Gasteiger partial charge in [-0.2, -0.15) is 0 Å². The van der Waals surface area contributed by atoms with Gasteiger partial charge in [-0.15, -0.1) is 0 Å². The Labute approximate surface area is 183 Å². The van der Waals surface area contributed by atoms with E-state index < -0.39 is 15.9 Å². The van der Waals surface area contributed by atoms with Gasteiger partial charge in [0.05, 0.1) is 10.3 Å². The molecule has 4 rings (SSSR count). The minimum Gasteiger partial charge on any atom is -0.451 e. The molecule has 9 nitrogen and oxygen atoms in total. The van der Waals surface area contributed by atoms with E-state index in [4.69, 9.17) is 4.42 Å². The van der Waals surface area contributed by atoms with Gasteiger partial charge in [0.2, 0.25) is 5.95 Å². The third kappa shape index (κ3) is 4.49. The summed E-state index contributed by atoms with van der Waals surface area (Å²) >= 11 is 0. The fourth-order valence-electron chi connectivity index (χ4n) is 2.96. The highest BCUT2D eigenvalue weighted by Gasteiger charge is 2.17. The first-order chi connectivity index (χ1) is 15.2. The van der Waals surface area contributed by atoms with E-state index in [1.54, 1.807) is 31.2 Å². The van der Waals surface area contributed by atoms with Crippen LogP contribution in [0.2, 0.25) is 0 Å². The Morgan fingerprint density at radius 1 is 1.00 bits per heavy atom. The first-order valence-electron chi connectivity index (χ1n) is 9.50. The van der Waals surface area contributed by atoms with Crippen LogP contribution < -0.4 is 15.5 Å². The number of hydrogen-bond donors (Lipinski definition) is 2. The van der Waals surface area contributed by atoms with Crippen LogP contribution in [0, 0.1) is 13.8 Å². The molecule has 4 aromatic rings. The van der Waals surface area contributed by atoms with E-state index in [1.165, 1.54) is 30.5 Å². The summed E-state index contributed by atoms with van der Waals surface area (Å²) in [6.45, 7) is 3.57. The van der Waals surface area contributed by atoms with Crippen LogP contribution in [-0.4, -0.2) is 24.3 Å². The number of sulfonamides is 1. The van der Waals surface area contributed by atoms with Crippen molar-refractivity contribution in [3.8, 4) is 0 Å². The number of amides is 1. The number of nitrogens with one attached hydrogen (secondary N) is 2. The van der Waals surface area contributed by atoms with E-state index in [9.17, 15) is 18.0 Å². The van der Waals surface area contributed by atoms with Crippen LogP contribution in [0.25, 0.3) is 11.0 Å². The fourth-order valence-corrected chi connectivity index (χ4v) is 3.91. The Morgan fingerprint density at radius 2 is 1.75 bits per heavy atom. The van der Waals surface area contributed by atoms with Crippen LogP contribution >= 0.6 is 0 Å². The van der Waals surface area contributed by atoms with Gasteiger partial charge in [0.1, 0.15) is 5.58 Å². The average molecular weight is 450 g/mol. The number of nitrogens with zero attached hydrogens (tertiary/aromatic N) is 2.